The Kier molecular flexibility index (Phi) is 5.63. The van der Waals surface area contributed by atoms with Crippen LogP contribution >= 0.6 is 0 Å². The monoisotopic (exact) mass is 366 g/mol. The number of nitriles is 1. The first-order valence-corrected chi connectivity index (χ1v) is 8.99. The van der Waals surface area contributed by atoms with E-state index >= 15 is 0 Å². The van der Waals surface area contributed by atoms with E-state index in [0.29, 0.717) is 24.0 Å². The topological polar surface area (TPSA) is 105 Å². The summed E-state index contributed by atoms with van der Waals surface area (Å²) in [5.41, 5.74) is 1.97. The Bertz CT molecular complexity index is 867. The van der Waals surface area contributed by atoms with E-state index in [-0.39, 0.29) is 35.8 Å². The number of hydroxylamine groups is 2. The molecular formula is C21H22N2O4. The van der Waals surface area contributed by atoms with Gasteiger partial charge in [-0.2, -0.15) is 5.26 Å². The predicted octanol–water partition coefficient (Wildman–Crippen LogP) is 3.46. The first-order valence-electron chi connectivity index (χ1n) is 8.99. The Morgan fingerprint density at radius 1 is 1.11 bits per heavy atom. The van der Waals surface area contributed by atoms with Crippen molar-refractivity contribution in [3.63, 3.8) is 0 Å². The molecule has 3 rings (SSSR count). The molecule has 0 unspecified atom stereocenters. The number of rotatable bonds is 4. The van der Waals surface area contributed by atoms with Gasteiger partial charge in [0.1, 0.15) is 11.5 Å². The Hall–Kier alpha value is -3.04. The number of nitrogens with zero attached hydrogens (tertiary/aromatic N) is 2. The minimum atomic E-state index is -0.388. The molecule has 0 radical (unpaired) electrons. The molecule has 0 aromatic heterocycles. The molecule has 0 aliphatic heterocycles. The van der Waals surface area contributed by atoms with Crippen molar-refractivity contribution in [1.29, 1.82) is 5.26 Å². The standard InChI is InChI=1S/C21H22N2O4/c22-13-15-3-1-2-14(10-15)11-21(26)23(27)17-6-4-16(5-7-17)19-9-8-18(24)12-20(19)25/h1-3,8-10,12,16-17,24-25,27H,4-7,11H2. The van der Waals surface area contributed by atoms with Crippen molar-refractivity contribution in [2.24, 2.45) is 0 Å². The molecule has 0 spiro atoms. The zero-order chi connectivity index (χ0) is 19.4. The molecule has 3 N–H and O–H groups in total. The Balaban J connectivity index is 1.58. The molecule has 6 heteroatoms. The van der Waals surface area contributed by atoms with Gasteiger partial charge in [0.05, 0.1) is 24.1 Å². The Morgan fingerprint density at radius 3 is 2.52 bits per heavy atom. The van der Waals surface area contributed by atoms with Crippen LogP contribution in [0.5, 0.6) is 11.5 Å². The summed E-state index contributed by atoms with van der Waals surface area (Å²) in [7, 11) is 0. The highest BCUT2D eigenvalue weighted by Crippen LogP contribution is 2.39. The number of carbonyl (C=O) groups is 1. The lowest BCUT2D eigenvalue weighted by molar-refractivity contribution is -0.178. The molecule has 1 saturated carbocycles. The van der Waals surface area contributed by atoms with Gasteiger partial charge in [-0.15, -0.1) is 0 Å². The van der Waals surface area contributed by atoms with E-state index in [2.05, 4.69) is 0 Å². The average molecular weight is 366 g/mol. The lowest BCUT2D eigenvalue weighted by Crippen LogP contribution is -2.40. The van der Waals surface area contributed by atoms with Crippen LogP contribution in [0.15, 0.2) is 42.5 Å². The third-order valence-electron chi connectivity index (χ3n) is 5.16. The number of hydrogen-bond donors (Lipinski definition) is 3. The van der Waals surface area contributed by atoms with Gasteiger partial charge in [0, 0.05) is 6.07 Å². The molecule has 0 saturated heterocycles. The highest BCUT2D eigenvalue weighted by Gasteiger charge is 2.29. The molecule has 1 amide bonds. The summed E-state index contributed by atoms with van der Waals surface area (Å²) in [4.78, 5) is 12.4. The average Bonchev–Trinajstić information content (AvgIpc) is 2.68. The van der Waals surface area contributed by atoms with Gasteiger partial charge in [0.25, 0.3) is 5.91 Å². The largest absolute Gasteiger partial charge is 0.508 e. The van der Waals surface area contributed by atoms with Crippen LogP contribution in [0.2, 0.25) is 0 Å². The summed E-state index contributed by atoms with van der Waals surface area (Å²) in [5, 5.41) is 39.5. The van der Waals surface area contributed by atoms with Crippen LogP contribution in [0, 0.1) is 11.3 Å². The van der Waals surface area contributed by atoms with Gasteiger partial charge in [-0.3, -0.25) is 10.0 Å². The van der Waals surface area contributed by atoms with Crippen molar-refractivity contribution < 1.29 is 20.2 Å². The maximum absolute atomic E-state index is 12.4. The van der Waals surface area contributed by atoms with Gasteiger partial charge in [-0.25, -0.2) is 5.06 Å². The lowest BCUT2D eigenvalue weighted by Gasteiger charge is -2.33. The van der Waals surface area contributed by atoms with Crippen LogP contribution in [-0.2, 0) is 11.2 Å². The van der Waals surface area contributed by atoms with E-state index in [1.165, 1.54) is 6.07 Å². The smallest absolute Gasteiger partial charge is 0.250 e. The first kappa shape index (κ1) is 18.7. The van der Waals surface area contributed by atoms with Crippen LogP contribution < -0.4 is 0 Å². The van der Waals surface area contributed by atoms with E-state index in [1.54, 1.807) is 36.4 Å². The highest BCUT2D eigenvalue weighted by molar-refractivity contribution is 5.78. The number of aromatic hydroxyl groups is 2. The molecule has 27 heavy (non-hydrogen) atoms. The van der Waals surface area contributed by atoms with Gasteiger partial charge >= 0.3 is 0 Å². The molecule has 0 heterocycles. The fourth-order valence-corrected chi connectivity index (χ4v) is 3.72. The number of hydrogen-bond acceptors (Lipinski definition) is 5. The minimum Gasteiger partial charge on any atom is -0.508 e. The summed E-state index contributed by atoms with van der Waals surface area (Å²) in [6.45, 7) is 0. The van der Waals surface area contributed by atoms with Crippen molar-refractivity contribution in [2.45, 2.75) is 44.1 Å². The van der Waals surface area contributed by atoms with Gasteiger partial charge in [-0.05, 0) is 60.9 Å². The van der Waals surface area contributed by atoms with E-state index in [4.69, 9.17) is 5.26 Å². The van der Waals surface area contributed by atoms with Crippen molar-refractivity contribution in [3.05, 3.63) is 59.2 Å². The minimum absolute atomic E-state index is 0.0255. The molecule has 140 valence electrons. The predicted molar refractivity (Wildman–Crippen MR) is 98.3 cm³/mol. The Labute approximate surface area is 157 Å². The van der Waals surface area contributed by atoms with Crippen LogP contribution in [0.4, 0.5) is 0 Å². The number of phenolic OH excluding ortho intramolecular Hbond substituents is 2. The maximum Gasteiger partial charge on any atom is 0.250 e. The molecule has 1 aliphatic rings. The van der Waals surface area contributed by atoms with E-state index in [9.17, 15) is 20.2 Å². The Morgan fingerprint density at radius 2 is 1.85 bits per heavy atom. The van der Waals surface area contributed by atoms with Gasteiger partial charge in [0.15, 0.2) is 0 Å². The molecule has 2 aromatic rings. The van der Waals surface area contributed by atoms with Gasteiger partial charge in [-0.1, -0.05) is 18.2 Å². The van der Waals surface area contributed by atoms with Crippen molar-refractivity contribution in [3.8, 4) is 17.6 Å². The molecule has 6 nitrogen and oxygen atoms in total. The number of carbonyl (C=O) groups excluding carboxylic acids is 1. The van der Waals surface area contributed by atoms with Gasteiger partial charge in [0.2, 0.25) is 0 Å². The number of amides is 1. The third kappa shape index (κ3) is 4.39. The number of benzene rings is 2. The second kappa shape index (κ2) is 8.11. The van der Waals surface area contributed by atoms with Crippen molar-refractivity contribution in [2.75, 3.05) is 0 Å². The van der Waals surface area contributed by atoms with Crippen molar-refractivity contribution >= 4 is 5.91 Å². The summed E-state index contributed by atoms with van der Waals surface area (Å²) in [5.74, 6) is -0.149. The summed E-state index contributed by atoms with van der Waals surface area (Å²) < 4.78 is 0. The summed E-state index contributed by atoms with van der Waals surface area (Å²) in [6.07, 6.45) is 2.77. The molecule has 2 aromatic carbocycles. The quantitative estimate of drug-likeness (QED) is 0.568. The molecule has 1 aliphatic carbocycles. The highest BCUT2D eigenvalue weighted by atomic mass is 16.5. The lowest BCUT2D eigenvalue weighted by atomic mass is 9.81. The van der Waals surface area contributed by atoms with E-state index in [0.717, 1.165) is 23.5 Å². The van der Waals surface area contributed by atoms with Crippen LogP contribution in [0.25, 0.3) is 0 Å². The van der Waals surface area contributed by atoms with Crippen LogP contribution in [-0.4, -0.2) is 32.4 Å². The fraction of sp³-hybridized carbons (Fsp3) is 0.333. The second-order valence-corrected chi connectivity index (χ2v) is 6.98. The normalized spacial score (nSPS) is 19.3. The zero-order valence-electron chi connectivity index (χ0n) is 14.9. The fourth-order valence-electron chi connectivity index (χ4n) is 3.72. The van der Waals surface area contributed by atoms with Crippen molar-refractivity contribution in [1.82, 2.24) is 5.06 Å². The van der Waals surface area contributed by atoms with E-state index < -0.39 is 0 Å². The second-order valence-electron chi connectivity index (χ2n) is 6.98. The van der Waals surface area contributed by atoms with Crippen LogP contribution in [0.1, 0.15) is 48.3 Å². The molecule has 0 atom stereocenters. The van der Waals surface area contributed by atoms with Crippen LogP contribution in [0.3, 0.4) is 0 Å². The maximum atomic E-state index is 12.4. The SMILES string of the molecule is N#Cc1cccc(CC(=O)N(O)C2CCC(c3ccc(O)cc3O)CC2)c1. The molecular weight excluding hydrogens is 344 g/mol. The summed E-state index contributed by atoms with van der Waals surface area (Å²) >= 11 is 0. The molecule has 1 fully saturated rings. The first-order chi connectivity index (χ1) is 13.0. The zero-order valence-corrected chi connectivity index (χ0v) is 14.9. The molecule has 0 bridgehead atoms. The third-order valence-corrected chi connectivity index (χ3v) is 5.16. The summed E-state index contributed by atoms with van der Waals surface area (Å²) in [6, 6.07) is 13.2. The van der Waals surface area contributed by atoms with E-state index in [1.807, 2.05) is 6.07 Å². The van der Waals surface area contributed by atoms with Gasteiger partial charge < -0.3 is 10.2 Å². The number of phenols is 2.